The van der Waals surface area contributed by atoms with Crippen molar-refractivity contribution in [1.82, 2.24) is 20.2 Å². The molecule has 0 aliphatic heterocycles. The van der Waals surface area contributed by atoms with Crippen LogP contribution in [0.3, 0.4) is 0 Å². The Balaban J connectivity index is 2.04. The Hall–Kier alpha value is -1.95. The number of aromatic nitrogens is 4. The molecule has 8 heteroatoms. The number of nitriles is 1. The lowest BCUT2D eigenvalue weighted by atomic mass is 10.1. The summed E-state index contributed by atoms with van der Waals surface area (Å²) in [6.07, 6.45) is -0.403. The van der Waals surface area contributed by atoms with Crippen molar-refractivity contribution >= 4 is 11.8 Å². The van der Waals surface area contributed by atoms with Crippen LogP contribution >= 0.6 is 11.8 Å². The van der Waals surface area contributed by atoms with E-state index in [9.17, 15) is 0 Å². The van der Waals surface area contributed by atoms with Crippen molar-refractivity contribution in [2.45, 2.75) is 23.7 Å². The van der Waals surface area contributed by atoms with Gasteiger partial charge in [-0.25, -0.2) is 4.68 Å². The lowest BCUT2D eigenvalue weighted by Gasteiger charge is -2.13. The molecular formula is C13H15N5O2S. The fraction of sp³-hybridized carbons (Fsp3) is 0.385. The number of ether oxygens (including phenoxy) is 2. The number of tetrazole rings is 1. The summed E-state index contributed by atoms with van der Waals surface area (Å²) >= 11 is 1.46. The minimum Gasteiger partial charge on any atom is -0.354 e. The highest BCUT2D eigenvalue weighted by Gasteiger charge is 2.13. The summed E-state index contributed by atoms with van der Waals surface area (Å²) in [5.74, 6) is 0.620. The third-order valence-electron chi connectivity index (χ3n) is 2.84. The van der Waals surface area contributed by atoms with Gasteiger partial charge >= 0.3 is 0 Å². The lowest BCUT2D eigenvalue weighted by Crippen LogP contribution is -2.21. The minimum absolute atomic E-state index is 0.403. The van der Waals surface area contributed by atoms with E-state index in [-0.39, 0.29) is 0 Å². The second kappa shape index (κ2) is 7.73. The number of hydrogen-bond donors (Lipinski definition) is 0. The molecule has 0 saturated heterocycles. The first kappa shape index (κ1) is 15.4. The Morgan fingerprint density at radius 1 is 1.33 bits per heavy atom. The molecule has 0 amide bonds. The Bertz CT molecular complexity index is 621. The van der Waals surface area contributed by atoms with Gasteiger partial charge in [-0.05, 0) is 22.1 Å². The van der Waals surface area contributed by atoms with Crippen LogP contribution in [0.25, 0.3) is 0 Å². The topological polar surface area (TPSA) is 85.9 Å². The Morgan fingerprint density at radius 2 is 2.10 bits per heavy atom. The van der Waals surface area contributed by atoms with Gasteiger partial charge in [0.15, 0.2) is 6.29 Å². The molecule has 0 aliphatic rings. The summed E-state index contributed by atoms with van der Waals surface area (Å²) in [4.78, 5) is 0. The van der Waals surface area contributed by atoms with Crippen molar-refractivity contribution in [3.05, 3.63) is 35.4 Å². The van der Waals surface area contributed by atoms with E-state index in [1.807, 2.05) is 18.2 Å². The van der Waals surface area contributed by atoms with Crippen molar-refractivity contribution in [1.29, 1.82) is 5.26 Å². The van der Waals surface area contributed by atoms with Crippen molar-refractivity contribution in [2.75, 3.05) is 14.2 Å². The Kier molecular flexibility index (Phi) is 5.68. The van der Waals surface area contributed by atoms with E-state index in [4.69, 9.17) is 14.7 Å². The van der Waals surface area contributed by atoms with Crippen LogP contribution in [-0.4, -0.2) is 40.7 Å². The summed E-state index contributed by atoms with van der Waals surface area (Å²) in [7, 11) is 3.13. The Morgan fingerprint density at radius 3 is 2.81 bits per heavy atom. The minimum atomic E-state index is -0.403. The zero-order valence-corrected chi connectivity index (χ0v) is 12.6. The molecule has 2 rings (SSSR count). The zero-order valence-electron chi connectivity index (χ0n) is 11.8. The summed E-state index contributed by atoms with van der Waals surface area (Å²) in [6.45, 7) is 0.405. The van der Waals surface area contributed by atoms with E-state index in [0.717, 1.165) is 5.56 Å². The van der Waals surface area contributed by atoms with E-state index < -0.39 is 6.29 Å². The van der Waals surface area contributed by atoms with Crippen LogP contribution in [0.5, 0.6) is 0 Å². The first-order valence-corrected chi connectivity index (χ1v) is 7.19. The molecule has 0 bridgehead atoms. The molecule has 1 heterocycles. The molecule has 0 radical (unpaired) electrons. The molecule has 0 N–H and O–H groups in total. The van der Waals surface area contributed by atoms with Crippen LogP contribution in [0.15, 0.2) is 29.4 Å². The quantitative estimate of drug-likeness (QED) is 0.565. The van der Waals surface area contributed by atoms with E-state index in [1.54, 1.807) is 25.0 Å². The monoisotopic (exact) mass is 305 g/mol. The predicted molar refractivity (Wildman–Crippen MR) is 76.3 cm³/mol. The van der Waals surface area contributed by atoms with Gasteiger partial charge in [-0.2, -0.15) is 5.26 Å². The average Bonchev–Trinajstić information content (AvgIpc) is 2.97. The Labute approximate surface area is 126 Å². The summed E-state index contributed by atoms with van der Waals surface area (Å²) < 4.78 is 11.9. The molecule has 2 aromatic rings. The first-order chi connectivity index (χ1) is 10.3. The maximum absolute atomic E-state index is 9.08. The number of rotatable bonds is 7. The molecule has 0 unspecified atom stereocenters. The van der Waals surface area contributed by atoms with Crippen LogP contribution in [0.4, 0.5) is 0 Å². The second-order valence-electron chi connectivity index (χ2n) is 4.10. The largest absolute Gasteiger partial charge is 0.354 e. The van der Waals surface area contributed by atoms with Gasteiger partial charge in [-0.1, -0.05) is 30.0 Å². The van der Waals surface area contributed by atoms with E-state index in [1.165, 1.54) is 11.8 Å². The fourth-order valence-electron chi connectivity index (χ4n) is 1.70. The number of nitrogens with zero attached hydrogens (tertiary/aromatic N) is 5. The van der Waals surface area contributed by atoms with Gasteiger partial charge in [0.2, 0.25) is 5.16 Å². The average molecular weight is 305 g/mol. The van der Waals surface area contributed by atoms with Crippen LogP contribution in [0.2, 0.25) is 0 Å². The van der Waals surface area contributed by atoms with Crippen LogP contribution < -0.4 is 0 Å². The molecule has 0 spiro atoms. The molecule has 1 aromatic carbocycles. The van der Waals surface area contributed by atoms with E-state index in [0.29, 0.717) is 23.0 Å². The second-order valence-corrected chi connectivity index (χ2v) is 5.04. The standard InChI is InChI=1S/C13H15N5O2S/c1-19-12(20-2)8-18-13(15-16-17-18)21-9-11-6-4-3-5-10(11)7-14/h3-6,12H,8-9H2,1-2H3. The summed E-state index contributed by atoms with van der Waals surface area (Å²) in [5, 5.41) is 21.3. The maximum Gasteiger partial charge on any atom is 0.209 e. The number of thioether (sulfide) groups is 1. The van der Waals surface area contributed by atoms with Crippen molar-refractivity contribution in [2.24, 2.45) is 0 Å². The molecule has 1 aromatic heterocycles. The van der Waals surface area contributed by atoms with Crippen molar-refractivity contribution < 1.29 is 9.47 Å². The van der Waals surface area contributed by atoms with E-state index in [2.05, 4.69) is 21.6 Å². The van der Waals surface area contributed by atoms with Crippen LogP contribution in [0, 0.1) is 11.3 Å². The number of methoxy groups -OCH3 is 2. The first-order valence-electron chi connectivity index (χ1n) is 6.21. The molecular weight excluding hydrogens is 290 g/mol. The van der Waals surface area contributed by atoms with Crippen molar-refractivity contribution in [3.8, 4) is 6.07 Å². The van der Waals surface area contributed by atoms with Crippen LogP contribution in [-0.2, 0) is 21.8 Å². The summed E-state index contributed by atoms with van der Waals surface area (Å²) in [5.41, 5.74) is 1.62. The third kappa shape index (κ3) is 4.01. The molecule has 0 atom stereocenters. The molecule has 21 heavy (non-hydrogen) atoms. The van der Waals surface area contributed by atoms with E-state index >= 15 is 0 Å². The van der Waals surface area contributed by atoms with Crippen molar-refractivity contribution in [3.63, 3.8) is 0 Å². The molecule has 0 fully saturated rings. The van der Waals surface area contributed by atoms with Gasteiger partial charge < -0.3 is 9.47 Å². The van der Waals surface area contributed by atoms with Gasteiger partial charge in [-0.3, -0.25) is 0 Å². The van der Waals surface area contributed by atoms with Gasteiger partial charge in [0.05, 0.1) is 18.2 Å². The molecule has 110 valence electrons. The molecule has 0 aliphatic carbocycles. The molecule has 0 saturated carbocycles. The van der Waals surface area contributed by atoms with Gasteiger partial charge in [0.25, 0.3) is 0 Å². The molecule has 7 nitrogen and oxygen atoms in total. The maximum atomic E-state index is 9.08. The SMILES string of the molecule is COC(Cn1nnnc1SCc1ccccc1C#N)OC. The number of benzene rings is 1. The highest BCUT2D eigenvalue weighted by molar-refractivity contribution is 7.98. The van der Waals surface area contributed by atoms with Gasteiger partial charge in [0.1, 0.15) is 0 Å². The normalized spacial score (nSPS) is 10.8. The highest BCUT2D eigenvalue weighted by Crippen LogP contribution is 2.22. The smallest absolute Gasteiger partial charge is 0.209 e. The van der Waals surface area contributed by atoms with Gasteiger partial charge in [-0.15, -0.1) is 5.10 Å². The van der Waals surface area contributed by atoms with Crippen LogP contribution in [0.1, 0.15) is 11.1 Å². The lowest BCUT2D eigenvalue weighted by molar-refractivity contribution is -0.113. The highest BCUT2D eigenvalue weighted by atomic mass is 32.2. The zero-order chi connectivity index (χ0) is 15.1. The summed E-state index contributed by atoms with van der Waals surface area (Å²) in [6, 6.07) is 9.65. The van der Waals surface area contributed by atoms with Gasteiger partial charge in [0, 0.05) is 20.0 Å². The fourth-order valence-corrected chi connectivity index (χ4v) is 2.59. The number of hydrogen-bond acceptors (Lipinski definition) is 7. The predicted octanol–water partition coefficient (Wildman–Crippen LogP) is 1.46. The third-order valence-corrected chi connectivity index (χ3v) is 3.85.